The third-order valence-corrected chi connectivity index (χ3v) is 0.483. The molecule has 0 saturated carbocycles. The molecular formula is C4H6N2O. The molecule has 1 N–H and O–H groups in total. The van der Waals surface area contributed by atoms with Gasteiger partial charge in [-0.05, 0) is 0 Å². The lowest BCUT2D eigenvalue weighted by atomic mass is 10.5. The lowest BCUT2D eigenvalue weighted by Gasteiger charge is -1.74. The number of amides is 1. The molecule has 0 aromatic carbocycles. The maximum Gasteiger partial charge on any atom is 0.254 e. The van der Waals surface area contributed by atoms with Gasteiger partial charge in [-0.15, -0.1) is 0 Å². The minimum Gasteiger partial charge on any atom is -0.272 e. The number of nitrogens with zero attached hydrogens (tertiary/aromatic N) is 1. The van der Waals surface area contributed by atoms with E-state index in [0.717, 1.165) is 0 Å². The van der Waals surface area contributed by atoms with Crippen molar-refractivity contribution in [2.24, 2.45) is 4.99 Å². The van der Waals surface area contributed by atoms with Gasteiger partial charge in [-0.3, -0.25) is 4.79 Å². The second-order valence-corrected chi connectivity index (χ2v) is 0.971. The predicted octanol–water partition coefficient (Wildman–Crippen LogP) is 0.676. The summed E-state index contributed by atoms with van der Waals surface area (Å²) in [5, 5.41) is 6.20. The van der Waals surface area contributed by atoms with Gasteiger partial charge in [-0.1, -0.05) is 6.92 Å². The Labute approximate surface area is 41.6 Å². The van der Waals surface area contributed by atoms with Crippen LogP contribution in [0.2, 0.25) is 0 Å². The maximum absolute atomic E-state index is 10.1. The number of aliphatic imine (C=N–C) groups is 1. The highest BCUT2D eigenvalue weighted by Gasteiger charge is 1.86. The summed E-state index contributed by atoms with van der Waals surface area (Å²) in [5.74, 6) is -0.296. The molecule has 0 fully saturated rings. The van der Waals surface area contributed by atoms with Crippen molar-refractivity contribution in [3.05, 3.63) is 0 Å². The Hall–Kier alpha value is -0.950. The van der Waals surface area contributed by atoms with Crippen LogP contribution in [0.4, 0.5) is 0 Å². The summed E-state index contributed by atoms with van der Waals surface area (Å²) in [5.41, 5.74) is 0. The summed E-state index contributed by atoms with van der Waals surface area (Å²) < 4.78 is 0. The highest BCUT2D eigenvalue weighted by atomic mass is 16.1. The van der Waals surface area contributed by atoms with Crippen LogP contribution >= 0.6 is 0 Å². The largest absolute Gasteiger partial charge is 0.272 e. The van der Waals surface area contributed by atoms with Gasteiger partial charge in [0.1, 0.15) is 0 Å². The van der Waals surface area contributed by atoms with Crippen molar-refractivity contribution in [1.29, 1.82) is 5.41 Å². The van der Waals surface area contributed by atoms with Gasteiger partial charge in [0.15, 0.2) is 0 Å². The summed E-state index contributed by atoms with van der Waals surface area (Å²) in [6.07, 6.45) is 0.353. The summed E-state index contributed by atoms with van der Waals surface area (Å²) in [7, 11) is 0. The molecule has 1 amide bonds. The summed E-state index contributed by atoms with van der Waals surface area (Å²) >= 11 is 0. The van der Waals surface area contributed by atoms with E-state index in [1.165, 1.54) is 0 Å². The topological polar surface area (TPSA) is 53.3 Å². The van der Waals surface area contributed by atoms with Gasteiger partial charge >= 0.3 is 0 Å². The van der Waals surface area contributed by atoms with E-state index in [0.29, 0.717) is 6.42 Å². The molecule has 38 valence electrons. The lowest BCUT2D eigenvalue weighted by molar-refractivity contribution is -0.117. The molecule has 0 bridgehead atoms. The Morgan fingerprint density at radius 1 is 2.00 bits per heavy atom. The van der Waals surface area contributed by atoms with Crippen molar-refractivity contribution in [2.75, 3.05) is 0 Å². The van der Waals surface area contributed by atoms with E-state index in [2.05, 4.69) is 4.99 Å². The molecule has 0 aliphatic rings. The Morgan fingerprint density at radius 2 is 2.57 bits per heavy atom. The van der Waals surface area contributed by atoms with Crippen LogP contribution in [0.1, 0.15) is 13.3 Å². The molecule has 3 nitrogen and oxygen atoms in total. The number of hydrogen-bond acceptors (Lipinski definition) is 2. The van der Waals surface area contributed by atoms with Gasteiger partial charge in [-0.25, -0.2) is 5.41 Å². The molecule has 0 rings (SSSR count). The van der Waals surface area contributed by atoms with Crippen LogP contribution in [-0.2, 0) is 4.79 Å². The molecule has 0 unspecified atom stereocenters. The van der Waals surface area contributed by atoms with Gasteiger partial charge < -0.3 is 0 Å². The number of hydrogen-bond donors (Lipinski definition) is 1. The average molecular weight is 98.1 g/mol. The highest BCUT2D eigenvalue weighted by Crippen LogP contribution is 1.76. The molecule has 0 spiro atoms. The SMILES string of the molecule is CCC(=O)N=C=N. The van der Waals surface area contributed by atoms with E-state index in [9.17, 15) is 4.79 Å². The lowest BCUT2D eigenvalue weighted by Crippen LogP contribution is -1.85. The van der Waals surface area contributed by atoms with Gasteiger partial charge in [0.05, 0.1) is 6.01 Å². The van der Waals surface area contributed by atoms with Gasteiger partial charge in [0.25, 0.3) is 5.91 Å². The maximum atomic E-state index is 10.1. The third-order valence-electron chi connectivity index (χ3n) is 0.483. The smallest absolute Gasteiger partial charge is 0.254 e. The number of rotatable bonds is 1. The zero-order chi connectivity index (χ0) is 5.70. The van der Waals surface area contributed by atoms with Crippen LogP contribution in [0.25, 0.3) is 0 Å². The molecule has 0 saturated heterocycles. The van der Waals surface area contributed by atoms with Crippen LogP contribution in [0.15, 0.2) is 4.99 Å². The summed E-state index contributed by atoms with van der Waals surface area (Å²) in [6, 6.07) is 1.64. The van der Waals surface area contributed by atoms with E-state index >= 15 is 0 Å². The minimum atomic E-state index is -0.296. The number of carbonyl (C=O) groups is 1. The number of nitrogens with one attached hydrogen (secondary N) is 1. The molecule has 0 heterocycles. The van der Waals surface area contributed by atoms with Crippen molar-refractivity contribution in [1.82, 2.24) is 0 Å². The quantitative estimate of drug-likeness (QED) is 0.481. The molecule has 7 heavy (non-hydrogen) atoms. The first kappa shape index (κ1) is 6.05. The van der Waals surface area contributed by atoms with Crippen LogP contribution < -0.4 is 0 Å². The Balaban J connectivity index is 3.58. The summed E-state index contributed by atoms with van der Waals surface area (Å²) in [4.78, 5) is 13.1. The van der Waals surface area contributed by atoms with Gasteiger partial charge in [0.2, 0.25) is 0 Å². The van der Waals surface area contributed by atoms with Crippen LogP contribution in [0.3, 0.4) is 0 Å². The fourth-order valence-corrected chi connectivity index (χ4v) is 0.141. The van der Waals surface area contributed by atoms with Crippen molar-refractivity contribution in [2.45, 2.75) is 13.3 Å². The fraction of sp³-hybridized carbons (Fsp3) is 0.500. The van der Waals surface area contributed by atoms with E-state index in [-0.39, 0.29) is 5.91 Å². The van der Waals surface area contributed by atoms with Gasteiger partial charge in [-0.2, -0.15) is 4.99 Å². The first-order valence-corrected chi connectivity index (χ1v) is 1.96. The predicted molar refractivity (Wildman–Crippen MR) is 25.5 cm³/mol. The van der Waals surface area contributed by atoms with E-state index in [1.807, 2.05) is 0 Å². The van der Waals surface area contributed by atoms with Crippen LogP contribution in [0, 0.1) is 5.41 Å². The van der Waals surface area contributed by atoms with E-state index in [4.69, 9.17) is 5.41 Å². The molecule has 0 aromatic rings. The van der Waals surface area contributed by atoms with Crippen molar-refractivity contribution < 1.29 is 4.79 Å². The minimum absolute atomic E-state index is 0.296. The van der Waals surface area contributed by atoms with Crippen LogP contribution in [-0.4, -0.2) is 11.9 Å². The Bertz CT molecular complexity index is 113. The van der Waals surface area contributed by atoms with E-state index in [1.54, 1.807) is 12.9 Å². The highest BCUT2D eigenvalue weighted by molar-refractivity contribution is 5.81. The second-order valence-electron chi connectivity index (χ2n) is 0.971. The Morgan fingerprint density at radius 3 is 2.71 bits per heavy atom. The van der Waals surface area contributed by atoms with E-state index < -0.39 is 0 Å². The first-order chi connectivity index (χ1) is 3.31. The summed E-state index contributed by atoms with van der Waals surface area (Å²) in [6.45, 7) is 1.68. The normalized spacial score (nSPS) is 7.00. The fourth-order valence-electron chi connectivity index (χ4n) is 0.141. The zero-order valence-corrected chi connectivity index (χ0v) is 4.06. The number of carbonyl (C=O) groups excluding carboxylic acids is 1. The molecule has 0 radical (unpaired) electrons. The van der Waals surface area contributed by atoms with Crippen molar-refractivity contribution in [3.8, 4) is 0 Å². The first-order valence-electron chi connectivity index (χ1n) is 1.96. The second kappa shape index (κ2) is 3.25. The molecular weight excluding hydrogens is 92.1 g/mol. The monoisotopic (exact) mass is 98.0 g/mol. The average Bonchev–Trinajstić information content (AvgIpc) is 1.68. The van der Waals surface area contributed by atoms with Crippen molar-refractivity contribution in [3.63, 3.8) is 0 Å². The zero-order valence-electron chi connectivity index (χ0n) is 4.06. The Kier molecular flexibility index (Phi) is 2.81. The molecule has 3 heteroatoms. The molecule has 0 aromatic heterocycles. The molecule has 0 atom stereocenters. The van der Waals surface area contributed by atoms with Gasteiger partial charge in [0, 0.05) is 6.42 Å². The van der Waals surface area contributed by atoms with Crippen molar-refractivity contribution >= 4 is 11.9 Å². The third kappa shape index (κ3) is 2.86. The van der Waals surface area contributed by atoms with Crippen LogP contribution in [0.5, 0.6) is 0 Å². The standard InChI is InChI=1S/C4H6N2O/c1-2-4(7)6-3-5/h5H,2H2,1H3. The molecule has 0 aliphatic carbocycles. The molecule has 0 aliphatic heterocycles.